The number of hydrogen-bond donors (Lipinski definition) is 1. The maximum Gasteiger partial charge on any atom is 0.350 e. The quantitative estimate of drug-likeness (QED) is 0.207. The highest BCUT2D eigenvalue weighted by atomic mass is 35.5. The van der Waals surface area contributed by atoms with E-state index in [1.54, 1.807) is 53.5 Å². The molecule has 3 aromatic carbocycles. The van der Waals surface area contributed by atoms with E-state index in [0.29, 0.717) is 47.5 Å². The molecule has 4 heterocycles. The van der Waals surface area contributed by atoms with Crippen LogP contribution in [-0.2, 0) is 21.8 Å². The van der Waals surface area contributed by atoms with Crippen LogP contribution in [0, 0.1) is 0 Å². The maximum absolute atomic E-state index is 13.3. The third kappa shape index (κ3) is 7.10. The van der Waals surface area contributed by atoms with Crippen molar-refractivity contribution in [3.63, 3.8) is 0 Å². The second-order valence-electron chi connectivity index (χ2n) is 11.7. The first kappa shape index (κ1) is 25.5. The van der Waals surface area contributed by atoms with Crippen molar-refractivity contribution in [3.8, 4) is 11.4 Å². The van der Waals surface area contributed by atoms with Crippen LogP contribution in [0.5, 0.6) is 5.75 Å². The minimum absolute atomic E-state index is 0.0247. The molecule has 0 bridgehead atoms. The summed E-state index contributed by atoms with van der Waals surface area (Å²) in [5.74, 6) is -0.559. The summed E-state index contributed by atoms with van der Waals surface area (Å²) in [5.41, 5.74) is 1.53. The molecule has 4 atom stereocenters. The fraction of sp³-hybridized carbons (Fsp3) is 0.371. The summed E-state index contributed by atoms with van der Waals surface area (Å²) < 4.78 is 83.6. The van der Waals surface area contributed by atoms with Gasteiger partial charge in [0.1, 0.15) is 44.0 Å². The van der Waals surface area contributed by atoms with Crippen molar-refractivity contribution >= 4 is 34.6 Å². The van der Waals surface area contributed by atoms with Crippen molar-refractivity contribution in [2.45, 2.75) is 44.2 Å². The Morgan fingerprint density at radius 1 is 0.980 bits per heavy atom. The minimum atomic E-state index is -3.90. The molecule has 2 aliphatic heterocycles. The van der Waals surface area contributed by atoms with Gasteiger partial charge in [-0.15, -0.1) is 0 Å². The van der Waals surface area contributed by atoms with Gasteiger partial charge in [-0.05, 0) is 74.4 Å². The van der Waals surface area contributed by atoms with Crippen LogP contribution in [0.1, 0.15) is 36.3 Å². The van der Waals surface area contributed by atoms with Crippen molar-refractivity contribution in [2.75, 3.05) is 49.2 Å². The average Bonchev–Trinajstić information content (AvgIpc) is 3.94. The summed E-state index contributed by atoms with van der Waals surface area (Å²) in [6, 6.07) is 16.0. The molecule has 2 fully saturated rings. The van der Waals surface area contributed by atoms with Crippen molar-refractivity contribution in [2.24, 2.45) is 0 Å². The summed E-state index contributed by atoms with van der Waals surface area (Å²) in [5, 5.41) is 19.3. The zero-order valence-corrected chi connectivity index (χ0v) is 28.0. The summed E-state index contributed by atoms with van der Waals surface area (Å²) in [4.78, 5) is 21.7. The lowest BCUT2D eigenvalue weighted by atomic mass is 10.1. The van der Waals surface area contributed by atoms with E-state index in [0.717, 1.165) is 22.3 Å². The molecule has 2 aliphatic rings. The van der Waals surface area contributed by atoms with Crippen LogP contribution in [0.25, 0.3) is 5.69 Å². The molecule has 2 saturated heterocycles. The van der Waals surface area contributed by atoms with Gasteiger partial charge in [0.2, 0.25) is 5.79 Å². The third-order valence-electron chi connectivity index (χ3n) is 8.55. The van der Waals surface area contributed by atoms with Crippen LogP contribution >= 0.6 is 23.2 Å². The summed E-state index contributed by atoms with van der Waals surface area (Å²) >= 11 is 12.7. The molecule has 0 amide bonds. The summed E-state index contributed by atoms with van der Waals surface area (Å²) in [6.45, 7) is -3.78. The monoisotopic (exact) mass is 728 g/mol. The van der Waals surface area contributed by atoms with Gasteiger partial charge >= 0.3 is 5.69 Å². The highest BCUT2D eigenvalue weighted by Crippen LogP contribution is 2.40. The van der Waals surface area contributed by atoms with Gasteiger partial charge in [-0.1, -0.05) is 29.3 Å². The third-order valence-corrected chi connectivity index (χ3v) is 9.10. The number of halogens is 2. The number of piperazine rings is 1. The fourth-order valence-electron chi connectivity index (χ4n) is 6.01. The van der Waals surface area contributed by atoms with Crippen molar-refractivity contribution in [1.29, 1.82) is 0 Å². The first-order chi connectivity index (χ1) is 27.3. The fourth-order valence-corrected chi connectivity index (χ4v) is 6.56. The number of nitrogens with zero attached hydrogens (tertiary/aromatic N) is 8. The highest BCUT2D eigenvalue weighted by molar-refractivity contribution is 6.35. The molecular formula is C35H38Cl2N8O5. The molecule has 0 radical (unpaired) electrons. The molecule has 262 valence electrons. The average molecular weight is 730 g/mol. The van der Waals surface area contributed by atoms with Crippen LogP contribution in [0.4, 0.5) is 11.4 Å². The zero-order valence-electron chi connectivity index (χ0n) is 34.5. The number of aromatic nitrogens is 6. The number of benzene rings is 3. The van der Waals surface area contributed by atoms with E-state index < -0.39 is 43.4 Å². The molecule has 2 unspecified atom stereocenters. The van der Waals surface area contributed by atoms with Gasteiger partial charge in [-0.25, -0.2) is 23.7 Å². The first-order valence-corrected chi connectivity index (χ1v) is 16.4. The van der Waals surface area contributed by atoms with E-state index in [4.69, 9.17) is 48.4 Å². The van der Waals surface area contributed by atoms with Gasteiger partial charge in [0.05, 0.1) is 32.2 Å². The Kier molecular flexibility index (Phi) is 7.38. The smallest absolute Gasteiger partial charge is 0.350 e. The Morgan fingerprint density at radius 3 is 2.32 bits per heavy atom. The molecule has 0 saturated carbocycles. The Bertz CT molecular complexity index is 2270. The minimum Gasteiger partial charge on any atom is -0.491 e. The van der Waals surface area contributed by atoms with Crippen LogP contribution in [-0.4, -0.2) is 85.8 Å². The molecule has 1 N–H and O–H groups in total. The van der Waals surface area contributed by atoms with Crippen LogP contribution in [0.3, 0.4) is 0 Å². The summed E-state index contributed by atoms with van der Waals surface area (Å²) in [7, 11) is 0. The molecule has 13 nitrogen and oxygen atoms in total. The molecule has 2 aromatic heterocycles. The SMILES string of the molecule is [2H]C([2H])([2H])C([2H])(O)C([2H])(n1ncn(-c2ccc(N3CCN(c4ccc(OC[C@H]5CO[C@](Cn6cncn6)(c6ccc(Cl)cc6Cl)O5)cc4)CC3)cc2)c1=O)C([2H])([2H])[2H]. The standard InChI is InChI=1S/C35H38Cl2N8O5/c1-24(25(2)46)45-34(47)44(23-40-45)29-6-4-27(5-7-29)41-13-15-42(16-14-41)28-8-10-30(11-9-28)48-18-31-19-49-35(50-31,20-43-22-38-21-39-43)32-12-3-26(36)17-33(32)37/h3-12,17,21-25,31,46H,13-16,18-20H2,1-2H3/t24?,25?,31-,35-/m0/s1/i1D3,2D3,24D,25D. The van der Waals surface area contributed by atoms with Gasteiger partial charge in [0.25, 0.3) is 0 Å². The molecule has 7 rings (SSSR count). The van der Waals surface area contributed by atoms with Gasteiger partial charge in [0, 0.05) is 56.4 Å². The van der Waals surface area contributed by atoms with Crippen molar-refractivity contribution in [3.05, 3.63) is 112 Å². The van der Waals surface area contributed by atoms with E-state index >= 15 is 0 Å². The van der Waals surface area contributed by atoms with Crippen LogP contribution in [0.2, 0.25) is 10.0 Å². The molecule has 5 aromatic rings. The number of aliphatic hydroxyl groups is 1. The molecular weight excluding hydrogens is 683 g/mol. The topological polar surface area (TPSA) is 125 Å². The second kappa shape index (κ2) is 14.4. The highest BCUT2D eigenvalue weighted by Gasteiger charge is 2.45. The van der Waals surface area contributed by atoms with Gasteiger partial charge in [-0.2, -0.15) is 10.2 Å². The Balaban J connectivity index is 0.948. The zero-order chi connectivity index (χ0) is 41.7. The van der Waals surface area contributed by atoms with Crippen molar-refractivity contribution in [1.82, 2.24) is 29.1 Å². The predicted molar refractivity (Wildman–Crippen MR) is 190 cm³/mol. The molecule has 0 aliphatic carbocycles. The Hall–Kier alpha value is -4.40. The molecule has 50 heavy (non-hydrogen) atoms. The normalized spacial score (nSPS) is 24.7. The van der Waals surface area contributed by atoms with Crippen molar-refractivity contribution < 1.29 is 30.3 Å². The van der Waals surface area contributed by atoms with E-state index in [9.17, 15) is 9.90 Å². The van der Waals surface area contributed by atoms with E-state index in [-0.39, 0.29) is 30.1 Å². The van der Waals surface area contributed by atoms with E-state index in [2.05, 4.69) is 25.0 Å². The van der Waals surface area contributed by atoms with E-state index in [1.165, 1.54) is 6.33 Å². The Morgan fingerprint density at radius 2 is 1.68 bits per heavy atom. The number of hydrogen-bond acceptors (Lipinski definition) is 10. The van der Waals surface area contributed by atoms with Crippen LogP contribution in [0.15, 0.2) is 90.5 Å². The van der Waals surface area contributed by atoms with Gasteiger partial charge < -0.3 is 29.1 Å². The Labute approximate surface area is 310 Å². The number of ether oxygens (including phenoxy) is 3. The predicted octanol–water partition coefficient (Wildman–Crippen LogP) is 4.55. The van der Waals surface area contributed by atoms with Gasteiger partial charge in [0.15, 0.2) is 0 Å². The number of anilines is 2. The largest absolute Gasteiger partial charge is 0.491 e. The van der Waals surface area contributed by atoms with Crippen LogP contribution < -0.4 is 20.2 Å². The lowest BCUT2D eigenvalue weighted by molar-refractivity contribution is -0.190. The second-order valence-corrected chi connectivity index (χ2v) is 12.6. The first-order valence-electron chi connectivity index (χ1n) is 19.7. The number of rotatable bonds is 11. The molecule has 15 heteroatoms. The van der Waals surface area contributed by atoms with Gasteiger partial charge in [-0.3, -0.25) is 0 Å². The maximum atomic E-state index is 13.3. The van der Waals surface area contributed by atoms with E-state index in [1.807, 2.05) is 24.3 Å². The lowest BCUT2D eigenvalue weighted by Crippen LogP contribution is -2.46. The molecule has 0 spiro atoms. The lowest BCUT2D eigenvalue weighted by Gasteiger charge is -2.37. The summed E-state index contributed by atoms with van der Waals surface area (Å²) in [6.07, 6.45) is -0.390.